The lowest BCUT2D eigenvalue weighted by atomic mass is 10.1. The number of nitrogens with zero attached hydrogens (tertiary/aromatic N) is 3. The highest BCUT2D eigenvalue weighted by Crippen LogP contribution is 2.19. The summed E-state index contributed by atoms with van der Waals surface area (Å²) in [7, 11) is 0. The van der Waals surface area contributed by atoms with Crippen LogP contribution in [0.2, 0.25) is 0 Å². The fraction of sp³-hybridized carbons (Fsp3) is 0.400. The highest BCUT2D eigenvalue weighted by atomic mass is 16.5. The molecule has 1 N–H and O–H groups in total. The minimum Gasteiger partial charge on any atom is -0.487 e. The van der Waals surface area contributed by atoms with Crippen LogP contribution >= 0.6 is 0 Å². The van der Waals surface area contributed by atoms with Gasteiger partial charge in [0, 0.05) is 45.5 Å². The average molecular weight is 352 g/mol. The van der Waals surface area contributed by atoms with Gasteiger partial charge >= 0.3 is 0 Å². The maximum atomic E-state index is 12.1. The van der Waals surface area contributed by atoms with Gasteiger partial charge in [-0.05, 0) is 29.8 Å². The van der Waals surface area contributed by atoms with Crippen LogP contribution in [0, 0.1) is 0 Å². The minimum absolute atomic E-state index is 0.0129. The molecule has 2 aromatic rings. The maximum absolute atomic E-state index is 12.1. The third-order valence-electron chi connectivity index (χ3n) is 4.99. The second-order valence-electron chi connectivity index (χ2n) is 6.84. The van der Waals surface area contributed by atoms with Gasteiger partial charge in [0.2, 0.25) is 5.91 Å². The molecule has 26 heavy (non-hydrogen) atoms. The van der Waals surface area contributed by atoms with E-state index in [-0.39, 0.29) is 11.9 Å². The first-order valence-electron chi connectivity index (χ1n) is 9.14. The van der Waals surface area contributed by atoms with Crippen LogP contribution < -0.4 is 10.1 Å². The summed E-state index contributed by atoms with van der Waals surface area (Å²) >= 11 is 0. The highest BCUT2D eigenvalue weighted by molar-refractivity contribution is 5.82. The Morgan fingerprint density at radius 2 is 2.12 bits per heavy atom. The summed E-state index contributed by atoms with van der Waals surface area (Å²) in [6, 6.07) is 14.0. The van der Waals surface area contributed by atoms with Gasteiger partial charge in [-0.3, -0.25) is 19.6 Å². The number of rotatable bonds is 5. The van der Waals surface area contributed by atoms with E-state index in [9.17, 15) is 4.79 Å². The van der Waals surface area contributed by atoms with Crippen molar-refractivity contribution in [1.29, 1.82) is 0 Å². The average Bonchev–Trinajstić information content (AvgIpc) is 2.68. The Hall–Kier alpha value is -2.44. The lowest BCUT2D eigenvalue weighted by Crippen LogP contribution is -2.63. The second kappa shape index (κ2) is 7.85. The van der Waals surface area contributed by atoms with E-state index in [0.29, 0.717) is 6.61 Å². The summed E-state index contributed by atoms with van der Waals surface area (Å²) in [6.07, 6.45) is 1.77. The first kappa shape index (κ1) is 17.0. The van der Waals surface area contributed by atoms with Gasteiger partial charge in [0.1, 0.15) is 18.4 Å². The molecule has 2 fully saturated rings. The molecule has 6 nitrogen and oxygen atoms in total. The molecule has 1 amide bonds. The normalized spacial score (nSPS) is 21.1. The zero-order valence-corrected chi connectivity index (χ0v) is 14.8. The van der Waals surface area contributed by atoms with E-state index in [1.165, 1.54) is 5.56 Å². The van der Waals surface area contributed by atoms with Crippen LogP contribution in [0.5, 0.6) is 5.75 Å². The summed E-state index contributed by atoms with van der Waals surface area (Å²) in [4.78, 5) is 21.0. The molecule has 4 rings (SSSR count). The Labute approximate surface area is 153 Å². The molecule has 6 heteroatoms. The molecule has 0 aliphatic carbocycles. The van der Waals surface area contributed by atoms with Gasteiger partial charge in [-0.1, -0.05) is 18.2 Å². The van der Waals surface area contributed by atoms with Gasteiger partial charge in [-0.25, -0.2) is 0 Å². The standard InChI is InChI=1S/C20H24N4O2/c25-20-19-14-23(10-11-24(19)9-8-22-20)13-16-4-3-6-18(12-16)26-15-17-5-1-2-7-21-17/h1-7,12,19H,8-11,13-15H2,(H,22,25). The number of ether oxygens (including phenoxy) is 1. The van der Waals surface area contributed by atoms with Gasteiger partial charge < -0.3 is 10.1 Å². The van der Waals surface area contributed by atoms with Crippen LogP contribution in [0.15, 0.2) is 48.7 Å². The summed E-state index contributed by atoms with van der Waals surface area (Å²) in [5.41, 5.74) is 2.12. The lowest BCUT2D eigenvalue weighted by molar-refractivity contribution is -0.131. The number of hydrogen-bond donors (Lipinski definition) is 1. The van der Waals surface area contributed by atoms with Crippen molar-refractivity contribution in [2.24, 2.45) is 0 Å². The van der Waals surface area contributed by atoms with E-state index in [1.54, 1.807) is 6.20 Å². The molecule has 2 saturated heterocycles. The molecule has 1 aromatic heterocycles. The number of carbonyl (C=O) groups is 1. The number of fused-ring (bicyclic) bond motifs is 1. The predicted molar refractivity (Wildman–Crippen MR) is 98.7 cm³/mol. The Morgan fingerprint density at radius 3 is 3.00 bits per heavy atom. The highest BCUT2D eigenvalue weighted by Gasteiger charge is 2.34. The van der Waals surface area contributed by atoms with Crippen molar-refractivity contribution >= 4 is 5.91 Å². The second-order valence-corrected chi connectivity index (χ2v) is 6.84. The Balaban J connectivity index is 1.35. The summed E-state index contributed by atoms with van der Waals surface area (Å²) < 4.78 is 5.87. The van der Waals surface area contributed by atoms with Crippen molar-refractivity contribution in [2.75, 3.05) is 32.7 Å². The van der Waals surface area contributed by atoms with Gasteiger partial charge in [0.05, 0.1) is 5.69 Å². The first-order chi connectivity index (χ1) is 12.8. The van der Waals surface area contributed by atoms with Crippen LogP contribution in [-0.2, 0) is 17.9 Å². The van der Waals surface area contributed by atoms with Crippen molar-refractivity contribution in [3.63, 3.8) is 0 Å². The van der Waals surface area contributed by atoms with E-state index in [4.69, 9.17) is 4.74 Å². The monoisotopic (exact) mass is 352 g/mol. The summed E-state index contributed by atoms with van der Waals surface area (Å²) in [5, 5.41) is 2.97. The topological polar surface area (TPSA) is 57.7 Å². The molecule has 0 bridgehead atoms. The number of carbonyl (C=O) groups excluding carboxylic acids is 1. The van der Waals surface area contributed by atoms with Crippen molar-refractivity contribution in [3.05, 3.63) is 59.9 Å². The van der Waals surface area contributed by atoms with Crippen LogP contribution in [0.25, 0.3) is 0 Å². The number of benzene rings is 1. The molecule has 0 spiro atoms. The quantitative estimate of drug-likeness (QED) is 0.878. The fourth-order valence-electron chi connectivity index (χ4n) is 3.61. The van der Waals surface area contributed by atoms with E-state index in [1.807, 2.05) is 30.3 Å². The third-order valence-corrected chi connectivity index (χ3v) is 4.99. The van der Waals surface area contributed by atoms with Crippen LogP contribution in [-0.4, -0.2) is 59.5 Å². The zero-order chi connectivity index (χ0) is 17.8. The number of amides is 1. The fourth-order valence-corrected chi connectivity index (χ4v) is 3.61. The van der Waals surface area contributed by atoms with Crippen molar-refractivity contribution in [3.8, 4) is 5.75 Å². The molecular weight excluding hydrogens is 328 g/mol. The Bertz CT molecular complexity index is 752. The largest absolute Gasteiger partial charge is 0.487 e. The minimum atomic E-state index is -0.0129. The van der Waals surface area contributed by atoms with Crippen LogP contribution in [0.4, 0.5) is 0 Å². The maximum Gasteiger partial charge on any atom is 0.238 e. The molecule has 0 saturated carbocycles. The molecular formula is C20H24N4O2. The van der Waals surface area contributed by atoms with E-state index in [2.05, 4.69) is 32.2 Å². The molecule has 1 atom stereocenters. The number of aromatic nitrogens is 1. The van der Waals surface area contributed by atoms with Gasteiger partial charge in [-0.2, -0.15) is 0 Å². The zero-order valence-electron chi connectivity index (χ0n) is 14.8. The van der Waals surface area contributed by atoms with Crippen molar-refractivity contribution < 1.29 is 9.53 Å². The van der Waals surface area contributed by atoms with Crippen LogP contribution in [0.1, 0.15) is 11.3 Å². The summed E-state index contributed by atoms with van der Waals surface area (Å²) in [5.74, 6) is 1.01. The number of pyridine rings is 1. The molecule has 136 valence electrons. The molecule has 3 heterocycles. The van der Waals surface area contributed by atoms with Crippen molar-refractivity contribution in [1.82, 2.24) is 20.1 Å². The smallest absolute Gasteiger partial charge is 0.238 e. The van der Waals surface area contributed by atoms with Gasteiger partial charge in [0.25, 0.3) is 0 Å². The Kier molecular flexibility index (Phi) is 5.13. The number of nitrogens with one attached hydrogen (secondary N) is 1. The van der Waals surface area contributed by atoms with E-state index in [0.717, 1.165) is 50.7 Å². The lowest BCUT2D eigenvalue weighted by Gasteiger charge is -2.43. The van der Waals surface area contributed by atoms with E-state index >= 15 is 0 Å². The molecule has 1 aromatic carbocycles. The van der Waals surface area contributed by atoms with Crippen LogP contribution in [0.3, 0.4) is 0 Å². The molecule has 2 aliphatic rings. The Morgan fingerprint density at radius 1 is 1.15 bits per heavy atom. The number of hydrogen-bond acceptors (Lipinski definition) is 5. The predicted octanol–water partition coefficient (Wildman–Crippen LogP) is 1.28. The SMILES string of the molecule is O=C1NCCN2CCN(Cc3cccc(OCc4ccccn4)c3)CC12. The van der Waals surface area contributed by atoms with Gasteiger partial charge in [-0.15, -0.1) is 0 Å². The molecule has 1 unspecified atom stereocenters. The number of piperazine rings is 2. The third kappa shape index (κ3) is 4.03. The first-order valence-corrected chi connectivity index (χ1v) is 9.14. The van der Waals surface area contributed by atoms with Gasteiger partial charge in [0.15, 0.2) is 0 Å². The van der Waals surface area contributed by atoms with Crippen molar-refractivity contribution in [2.45, 2.75) is 19.2 Å². The molecule has 2 aliphatic heterocycles. The van der Waals surface area contributed by atoms with E-state index < -0.39 is 0 Å². The summed E-state index contributed by atoms with van der Waals surface area (Å²) in [6.45, 7) is 5.75. The molecule has 0 radical (unpaired) electrons.